The van der Waals surface area contributed by atoms with Gasteiger partial charge in [-0.15, -0.1) is 0 Å². The molecular formula is C40H28N4. The molecule has 0 unspecified atom stereocenters. The molecule has 0 saturated carbocycles. The van der Waals surface area contributed by atoms with Gasteiger partial charge < -0.3 is 0 Å². The molecule has 0 aliphatic heterocycles. The van der Waals surface area contributed by atoms with E-state index in [1.807, 2.05) is 24.5 Å². The summed E-state index contributed by atoms with van der Waals surface area (Å²) in [4.78, 5) is 15.2. The van der Waals surface area contributed by atoms with E-state index in [-0.39, 0.29) is 5.41 Å². The molecule has 0 fully saturated rings. The molecule has 5 aromatic carbocycles. The summed E-state index contributed by atoms with van der Waals surface area (Å²) in [6.45, 7) is 4.65. The van der Waals surface area contributed by atoms with Gasteiger partial charge in [0, 0.05) is 39.7 Å². The van der Waals surface area contributed by atoms with E-state index in [9.17, 15) is 0 Å². The lowest BCUT2D eigenvalue weighted by atomic mass is 9.81. The first-order valence-electron chi connectivity index (χ1n) is 15.0. The van der Waals surface area contributed by atoms with Gasteiger partial charge in [0.1, 0.15) is 0 Å². The molecule has 208 valence electrons. The molecule has 4 heteroatoms. The molecule has 0 atom stereocenters. The Labute approximate surface area is 255 Å². The molecule has 0 radical (unpaired) electrons. The Morgan fingerprint density at radius 2 is 1.20 bits per heavy atom. The summed E-state index contributed by atoms with van der Waals surface area (Å²) in [6, 6.07) is 42.6. The smallest absolute Gasteiger partial charge is 0.235 e. The fraction of sp³-hybridized carbons (Fsp3) is 0.0750. The van der Waals surface area contributed by atoms with Gasteiger partial charge in [0.15, 0.2) is 0 Å². The van der Waals surface area contributed by atoms with Gasteiger partial charge in [0.05, 0.1) is 22.4 Å². The van der Waals surface area contributed by atoms with Crippen LogP contribution in [0.2, 0.25) is 0 Å². The third-order valence-corrected chi connectivity index (χ3v) is 9.27. The van der Waals surface area contributed by atoms with Crippen LogP contribution in [0.15, 0.2) is 134 Å². The number of aromatic nitrogens is 4. The first-order valence-corrected chi connectivity index (χ1v) is 15.0. The zero-order valence-electron chi connectivity index (χ0n) is 24.5. The van der Waals surface area contributed by atoms with Gasteiger partial charge in [-0.05, 0) is 51.2 Å². The van der Waals surface area contributed by atoms with Crippen molar-refractivity contribution in [3.8, 4) is 39.6 Å². The Morgan fingerprint density at radius 1 is 0.614 bits per heavy atom. The summed E-state index contributed by atoms with van der Waals surface area (Å²) in [5, 5.41) is 4.93. The van der Waals surface area contributed by atoms with Crippen LogP contribution in [0.3, 0.4) is 0 Å². The van der Waals surface area contributed by atoms with Crippen LogP contribution in [0.1, 0.15) is 25.0 Å². The van der Waals surface area contributed by atoms with Crippen LogP contribution < -0.4 is 0 Å². The van der Waals surface area contributed by atoms with Crippen molar-refractivity contribution in [2.24, 2.45) is 0 Å². The number of pyridine rings is 1. The second kappa shape index (κ2) is 9.19. The monoisotopic (exact) mass is 564 g/mol. The predicted molar refractivity (Wildman–Crippen MR) is 180 cm³/mol. The summed E-state index contributed by atoms with van der Waals surface area (Å²) in [5.74, 6) is 0.666. The standard InChI is InChI=1S/C40H28N4/c1-40(2)31-24-41-22-21-29(31)35-27-17-9-10-18-28(27)36-30-19-11-12-20-34(30)44(38(36)37(35)40)39-42-32(25-13-5-3-6-14-25)23-33(43-39)26-15-7-4-8-16-26/h3-24H,1-2H3. The number of rotatable bonds is 3. The highest BCUT2D eigenvalue weighted by atomic mass is 15.2. The quantitative estimate of drug-likeness (QED) is 0.215. The molecule has 0 N–H and O–H groups in total. The molecule has 8 aromatic rings. The highest BCUT2D eigenvalue weighted by Crippen LogP contribution is 2.55. The fourth-order valence-corrected chi connectivity index (χ4v) is 7.31. The molecule has 0 amide bonds. The molecule has 0 saturated heterocycles. The summed E-state index contributed by atoms with van der Waals surface area (Å²) < 4.78 is 2.32. The lowest BCUT2D eigenvalue weighted by molar-refractivity contribution is 0.660. The maximum atomic E-state index is 5.31. The summed E-state index contributed by atoms with van der Waals surface area (Å²) in [6.07, 6.45) is 3.96. The molecule has 44 heavy (non-hydrogen) atoms. The van der Waals surface area contributed by atoms with Crippen LogP contribution in [-0.4, -0.2) is 19.5 Å². The third-order valence-electron chi connectivity index (χ3n) is 9.27. The van der Waals surface area contributed by atoms with Crippen LogP contribution in [0.25, 0.3) is 72.2 Å². The van der Waals surface area contributed by atoms with Crippen LogP contribution in [-0.2, 0) is 5.41 Å². The second-order valence-corrected chi connectivity index (χ2v) is 12.1. The molecular weight excluding hydrogens is 536 g/mol. The first kappa shape index (κ1) is 24.9. The average molecular weight is 565 g/mol. The van der Waals surface area contributed by atoms with Gasteiger partial charge in [-0.2, -0.15) is 0 Å². The minimum atomic E-state index is -0.285. The van der Waals surface area contributed by atoms with Gasteiger partial charge in [-0.1, -0.05) is 117 Å². The normalized spacial score (nSPS) is 13.4. The fourth-order valence-electron chi connectivity index (χ4n) is 7.31. The van der Waals surface area contributed by atoms with Gasteiger partial charge in [0.2, 0.25) is 5.95 Å². The maximum Gasteiger partial charge on any atom is 0.235 e. The van der Waals surface area contributed by atoms with Crippen LogP contribution >= 0.6 is 0 Å². The Kier molecular flexibility index (Phi) is 5.21. The second-order valence-electron chi connectivity index (χ2n) is 12.1. The lowest BCUT2D eigenvalue weighted by Crippen LogP contribution is -2.17. The van der Waals surface area contributed by atoms with Crippen molar-refractivity contribution in [1.29, 1.82) is 0 Å². The van der Waals surface area contributed by atoms with E-state index < -0.39 is 0 Å². The van der Waals surface area contributed by atoms with Gasteiger partial charge in [-0.3, -0.25) is 9.55 Å². The zero-order chi connectivity index (χ0) is 29.4. The van der Waals surface area contributed by atoms with Crippen molar-refractivity contribution >= 4 is 32.6 Å². The molecule has 0 bridgehead atoms. The Morgan fingerprint density at radius 3 is 1.89 bits per heavy atom. The van der Waals surface area contributed by atoms with E-state index in [4.69, 9.17) is 9.97 Å². The Balaban J connectivity index is 1.49. The molecule has 0 spiro atoms. The summed E-state index contributed by atoms with van der Waals surface area (Å²) in [7, 11) is 0. The number of para-hydroxylation sites is 1. The van der Waals surface area contributed by atoms with Crippen LogP contribution in [0.4, 0.5) is 0 Å². The molecule has 3 heterocycles. The molecule has 1 aliphatic rings. The van der Waals surface area contributed by atoms with Gasteiger partial charge in [0.25, 0.3) is 0 Å². The topological polar surface area (TPSA) is 43.6 Å². The van der Waals surface area contributed by atoms with Crippen molar-refractivity contribution in [3.05, 3.63) is 145 Å². The maximum absolute atomic E-state index is 5.31. The minimum Gasteiger partial charge on any atom is -0.278 e. The summed E-state index contributed by atoms with van der Waals surface area (Å²) in [5.41, 5.74) is 10.9. The van der Waals surface area contributed by atoms with E-state index in [1.54, 1.807) is 0 Å². The lowest BCUT2D eigenvalue weighted by Gasteiger charge is -2.24. The molecule has 4 nitrogen and oxygen atoms in total. The van der Waals surface area contributed by atoms with E-state index >= 15 is 0 Å². The first-order chi connectivity index (χ1) is 21.6. The van der Waals surface area contributed by atoms with E-state index in [0.717, 1.165) is 33.5 Å². The Hall–Kier alpha value is -5.61. The number of nitrogens with zero attached hydrogens (tertiary/aromatic N) is 4. The van der Waals surface area contributed by atoms with Crippen molar-refractivity contribution < 1.29 is 0 Å². The van der Waals surface area contributed by atoms with Crippen LogP contribution in [0.5, 0.6) is 0 Å². The molecule has 1 aliphatic carbocycles. The number of benzene rings is 5. The highest BCUT2D eigenvalue weighted by molar-refractivity contribution is 6.26. The van der Waals surface area contributed by atoms with Crippen molar-refractivity contribution in [1.82, 2.24) is 19.5 Å². The predicted octanol–water partition coefficient (Wildman–Crippen LogP) is 9.76. The molecule has 9 rings (SSSR count). The largest absolute Gasteiger partial charge is 0.278 e. The number of fused-ring (bicyclic) bond motifs is 10. The van der Waals surface area contributed by atoms with Crippen molar-refractivity contribution in [2.45, 2.75) is 19.3 Å². The van der Waals surface area contributed by atoms with Gasteiger partial charge in [-0.25, -0.2) is 9.97 Å². The van der Waals surface area contributed by atoms with Crippen molar-refractivity contribution in [3.63, 3.8) is 0 Å². The number of hydrogen-bond donors (Lipinski definition) is 0. The zero-order valence-corrected chi connectivity index (χ0v) is 24.5. The Bertz CT molecular complexity index is 2350. The number of hydrogen-bond acceptors (Lipinski definition) is 3. The SMILES string of the molecule is CC1(C)c2cnccc2-c2c1c1c(c3ccccc23)c2ccccc2n1-c1nc(-c2ccccc2)cc(-c2ccccc2)n1. The van der Waals surface area contributed by atoms with E-state index in [2.05, 4.69) is 133 Å². The van der Waals surface area contributed by atoms with Gasteiger partial charge >= 0.3 is 0 Å². The minimum absolute atomic E-state index is 0.285. The molecule has 3 aromatic heterocycles. The highest BCUT2D eigenvalue weighted by Gasteiger charge is 2.40. The summed E-state index contributed by atoms with van der Waals surface area (Å²) >= 11 is 0. The van der Waals surface area contributed by atoms with Crippen LogP contribution in [0, 0.1) is 0 Å². The third kappa shape index (κ3) is 3.42. The average Bonchev–Trinajstić information content (AvgIpc) is 3.55. The van der Waals surface area contributed by atoms with E-state index in [0.29, 0.717) is 5.95 Å². The van der Waals surface area contributed by atoms with E-state index in [1.165, 1.54) is 43.8 Å². The van der Waals surface area contributed by atoms with Crippen molar-refractivity contribution in [2.75, 3.05) is 0 Å².